The molecule has 0 N–H and O–H groups in total. The van der Waals surface area contributed by atoms with E-state index in [4.69, 9.17) is 10.7 Å². The second-order valence-electron chi connectivity index (χ2n) is 2.69. The number of hydrogen-bond acceptors (Lipinski definition) is 3. The molecule has 0 aliphatic heterocycles. The van der Waals surface area contributed by atoms with Gasteiger partial charge in [-0.1, -0.05) is 0 Å². The van der Waals surface area contributed by atoms with Crippen molar-refractivity contribution >= 4 is 48.6 Å². The summed E-state index contributed by atoms with van der Waals surface area (Å²) in [7, 11) is 1.53. The summed E-state index contributed by atoms with van der Waals surface area (Å²) in [5.41, 5.74) is 0.973. The van der Waals surface area contributed by atoms with E-state index in [0.29, 0.717) is 17.4 Å². The van der Waals surface area contributed by atoms with Crippen LogP contribution in [0, 0.1) is 3.57 Å². The van der Waals surface area contributed by atoms with Crippen LogP contribution in [-0.4, -0.2) is 14.7 Å². The van der Waals surface area contributed by atoms with E-state index in [0.717, 1.165) is 3.57 Å². The molecule has 0 aliphatic carbocycles. The van der Waals surface area contributed by atoms with Crippen molar-refractivity contribution in [3.8, 4) is 0 Å². The van der Waals surface area contributed by atoms with E-state index in [1.54, 1.807) is 12.1 Å². The van der Waals surface area contributed by atoms with Gasteiger partial charge in [0.2, 0.25) is 9.05 Å². The normalized spacial score (nSPS) is 11.3. The van der Waals surface area contributed by atoms with Crippen LogP contribution < -0.4 is 0 Å². The molecule has 0 aliphatic rings. The predicted molar refractivity (Wildman–Crippen MR) is 63.0 cm³/mol. The van der Waals surface area contributed by atoms with Gasteiger partial charge in [-0.2, -0.15) is 0 Å². The maximum absolute atomic E-state index is 10.8. The monoisotopic (exact) mass is 344 g/mol. The molecule has 1 rings (SSSR count). The van der Waals surface area contributed by atoms with E-state index in [1.165, 1.54) is 6.07 Å². The summed E-state index contributed by atoms with van der Waals surface area (Å²) in [5.74, 6) is -0.258. The summed E-state index contributed by atoms with van der Waals surface area (Å²) in [4.78, 5) is 10.5. The van der Waals surface area contributed by atoms with Crippen LogP contribution in [0.4, 0.5) is 0 Å². The van der Waals surface area contributed by atoms with Crippen LogP contribution in [0.25, 0.3) is 0 Å². The molecule has 76 valence electrons. The van der Waals surface area contributed by atoms with Gasteiger partial charge in [-0.3, -0.25) is 4.79 Å². The van der Waals surface area contributed by atoms with Crippen molar-refractivity contribution in [3.63, 3.8) is 0 Å². The Bertz CT molecular complexity index is 456. The molecule has 0 bridgehead atoms. The van der Waals surface area contributed by atoms with Crippen LogP contribution in [0.5, 0.6) is 0 Å². The van der Waals surface area contributed by atoms with Crippen molar-refractivity contribution in [2.24, 2.45) is 0 Å². The third kappa shape index (κ3) is 3.93. The molecular formula is C8H6ClIO3S. The van der Waals surface area contributed by atoms with Gasteiger partial charge in [-0.15, -0.1) is 0 Å². The van der Waals surface area contributed by atoms with Gasteiger partial charge in [0, 0.05) is 19.8 Å². The van der Waals surface area contributed by atoms with Crippen molar-refractivity contribution in [2.45, 2.75) is 5.75 Å². The fourth-order valence-electron chi connectivity index (χ4n) is 1.03. The Hall–Kier alpha value is -0.140. The van der Waals surface area contributed by atoms with E-state index in [2.05, 4.69) is 0 Å². The topological polar surface area (TPSA) is 51.2 Å². The third-order valence-corrected chi connectivity index (χ3v) is 3.08. The Balaban J connectivity index is 3.10. The molecule has 1 aromatic rings. The van der Waals surface area contributed by atoms with Gasteiger partial charge in [-0.05, 0) is 46.4 Å². The minimum absolute atomic E-state index is 0.258. The van der Waals surface area contributed by atoms with Crippen LogP contribution in [0.3, 0.4) is 0 Å². The smallest absolute Gasteiger partial charge is 0.236 e. The zero-order chi connectivity index (χ0) is 10.8. The lowest BCUT2D eigenvalue weighted by Gasteiger charge is -2.00. The minimum atomic E-state index is -3.57. The fraction of sp³-hybridized carbons (Fsp3) is 0.125. The first-order chi connectivity index (χ1) is 6.40. The summed E-state index contributed by atoms with van der Waals surface area (Å²) in [6.07, 6.45) is 0.673. The molecule has 0 atom stereocenters. The van der Waals surface area contributed by atoms with Crippen LogP contribution in [0.15, 0.2) is 18.2 Å². The standard InChI is InChI=1S/C8H6ClIO3S/c9-14(12,13)5-7-1-6(4-11)2-8(10)3-7/h1-4H,5H2. The molecule has 0 saturated heterocycles. The Morgan fingerprint density at radius 1 is 1.36 bits per heavy atom. The molecule has 0 radical (unpaired) electrons. The Morgan fingerprint density at radius 2 is 2.00 bits per heavy atom. The molecule has 0 spiro atoms. The third-order valence-electron chi connectivity index (χ3n) is 1.46. The van der Waals surface area contributed by atoms with Gasteiger partial charge >= 0.3 is 0 Å². The number of benzene rings is 1. The average molecular weight is 345 g/mol. The van der Waals surface area contributed by atoms with Gasteiger partial charge in [0.05, 0.1) is 5.75 Å². The molecule has 14 heavy (non-hydrogen) atoms. The van der Waals surface area contributed by atoms with Gasteiger partial charge in [0.25, 0.3) is 0 Å². The largest absolute Gasteiger partial charge is 0.298 e. The number of carbonyl (C=O) groups is 1. The highest BCUT2D eigenvalue weighted by Crippen LogP contribution is 2.15. The second-order valence-corrected chi connectivity index (χ2v) is 6.72. The first-order valence-corrected chi connectivity index (χ1v) is 7.13. The van der Waals surface area contributed by atoms with E-state index in [1.807, 2.05) is 22.6 Å². The molecule has 0 heterocycles. The van der Waals surface area contributed by atoms with Gasteiger partial charge in [0.1, 0.15) is 6.29 Å². The zero-order valence-corrected chi connectivity index (χ0v) is 10.6. The summed E-state index contributed by atoms with van der Waals surface area (Å²) in [5, 5.41) is 0. The predicted octanol–water partition coefficient (Wildman–Crippen LogP) is 2.17. The lowest BCUT2D eigenvalue weighted by atomic mass is 10.2. The molecule has 0 amide bonds. The Labute approximate surface area is 100 Å². The van der Waals surface area contributed by atoms with Crippen LogP contribution in [-0.2, 0) is 14.8 Å². The minimum Gasteiger partial charge on any atom is -0.298 e. The van der Waals surface area contributed by atoms with Gasteiger partial charge in [-0.25, -0.2) is 8.42 Å². The van der Waals surface area contributed by atoms with E-state index in [-0.39, 0.29) is 5.75 Å². The molecule has 1 aromatic carbocycles. The maximum Gasteiger partial charge on any atom is 0.236 e. The van der Waals surface area contributed by atoms with Crippen LogP contribution >= 0.6 is 33.3 Å². The fourth-order valence-corrected chi connectivity index (χ4v) is 2.73. The molecule has 0 saturated carbocycles. The highest BCUT2D eigenvalue weighted by atomic mass is 127. The quantitative estimate of drug-likeness (QED) is 0.480. The SMILES string of the molecule is O=Cc1cc(I)cc(CS(=O)(=O)Cl)c1. The molecule has 0 aromatic heterocycles. The number of rotatable bonds is 3. The summed E-state index contributed by atoms with van der Waals surface area (Å²) in [6, 6.07) is 4.85. The Kier molecular flexibility index (Phi) is 3.91. The molecular weight excluding hydrogens is 339 g/mol. The van der Waals surface area contributed by atoms with E-state index < -0.39 is 9.05 Å². The number of carbonyl (C=O) groups excluding carboxylic acids is 1. The second kappa shape index (κ2) is 4.59. The Morgan fingerprint density at radius 3 is 2.50 bits per heavy atom. The van der Waals surface area contributed by atoms with Crippen LogP contribution in [0.2, 0.25) is 0 Å². The summed E-state index contributed by atoms with van der Waals surface area (Å²) < 4.78 is 22.4. The molecule has 0 unspecified atom stereocenters. The lowest BCUT2D eigenvalue weighted by Crippen LogP contribution is -1.96. The summed E-state index contributed by atoms with van der Waals surface area (Å²) in [6.45, 7) is 0. The van der Waals surface area contributed by atoms with Crippen molar-refractivity contribution < 1.29 is 13.2 Å². The van der Waals surface area contributed by atoms with E-state index >= 15 is 0 Å². The average Bonchev–Trinajstić information content (AvgIpc) is 1.99. The first kappa shape index (κ1) is 11.9. The highest BCUT2D eigenvalue weighted by Gasteiger charge is 2.08. The van der Waals surface area contributed by atoms with Crippen molar-refractivity contribution in [3.05, 3.63) is 32.9 Å². The van der Waals surface area contributed by atoms with Gasteiger partial charge in [0.15, 0.2) is 0 Å². The molecule has 3 nitrogen and oxygen atoms in total. The molecule has 6 heteroatoms. The first-order valence-electron chi connectivity index (χ1n) is 3.58. The lowest BCUT2D eigenvalue weighted by molar-refractivity contribution is 0.112. The van der Waals surface area contributed by atoms with Crippen molar-refractivity contribution in [1.29, 1.82) is 0 Å². The molecule has 0 fully saturated rings. The number of aldehydes is 1. The van der Waals surface area contributed by atoms with E-state index in [9.17, 15) is 13.2 Å². The number of halogens is 2. The van der Waals surface area contributed by atoms with Crippen molar-refractivity contribution in [2.75, 3.05) is 0 Å². The zero-order valence-electron chi connectivity index (χ0n) is 6.91. The van der Waals surface area contributed by atoms with Gasteiger partial charge < -0.3 is 0 Å². The van der Waals surface area contributed by atoms with Crippen molar-refractivity contribution in [1.82, 2.24) is 0 Å². The maximum atomic E-state index is 10.8. The summed E-state index contributed by atoms with van der Waals surface area (Å²) >= 11 is 2.01. The number of hydrogen-bond donors (Lipinski definition) is 0. The van der Waals surface area contributed by atoms with Crippen LogP contribution in [0.1, 0.15) is 15.9 Å². The highest BCUT2D eigenvalue weighted by molar-refractivity contribution is 14.1.